The van der Waals surface area contributed by atoms with Gasteiger partial charge in [0.05, 0.1) is 5.69 Å². The number of hydrogen-bond acceptors (Lipinski definition) is 3. The van der Waals surface area contributed by atoms with Gasteiger partial charge in [0.15, 0.2) is 0 Å². The minimum atomic E-state index is 0.736. The molecule has 0 aliphatic rings. The Morgan fingerprint density at radius 2 is 2.07 bits per heavy atom. The molecule has 0 spiro atoms. The molecule has 0 aliphatic heterocycles. The molecule has 72 valence electrons. The lowest BCUT2D eigenvalue weighted by Crippen LogP contribution is -1.93. The number of halogens is 1. The highest BCUT2D eigenvalue weighted by Gasteiger charge is 2.04. The van der Waals surface area contributed by atoms with Crippen LogP contribution >= 0.6 is 15.9 Å². The first kappa shape index (κ1) is 9.33. The Morgan fingerprint density at radius 3 is 2.64 bits per heavy atom. The van der Waals surface area contributed by atoms with E-state index in [9.17, 15) is 0 Å². The molecule has 2 aromatic heterocycles. The van der Waals surface area contributed by atoms with Crippen molar-refractivity contribution in [2.75, 3.05) is 0 Å². The first-order valence-electron chi connectivity index (χ1n) is 4.16. The normalized spacial score (nSPS) is 10.5. The van der Waals surface area contributed by atoms with E-state index in [1.54, 1.807) is 4.68 Å². The highest BCUT2D eigenvalue weighted by atomic mass is 79.9. The molecule has 0 unspecified atom stereocenters. The summed E-state index contributed by atoms with van der Waals surface area (Å²) in [6, 6.07) is 3.78. The molecule has 2 rings (SSSR count). The Bertz CT molecular complexity index is 443. The third kappa shape index (κ3) is 1.82. The van der Waals surface area contributed by atoms with E-state index in [0.29, 0.717) is 0 Å². The smallest absolute Gasteiger partial charge is 0.127 e. The van der Waals surface area contributed by atoms with Crippen LogP contribution in [0.2, 0.25) is 0 Å². The summed E-state index contributed by atoms with van der Waals surface area (Å²) in [7, 11) is 1.88. The Balaban J connectivity index is 2.51. The van der Waals surface area contributed by atoms with Crippen molar-refractivity contribution in [2.24, 2.45) is 7.05 Å². The first-order chi connectivity index (χ1) is 6.65. The highest BCUT2D eigenvalue weighted by molar-refractivity contribution is 9.10. The maximum Gasteiger partial charge on any atom is 0.127 e. The van der Waals surface area contributed by atoms with E-state index in [-0.39, 0.29) is 0 Å². The SMILES string of the molecule is Cc1nc(Br)cc(-c2ccn(C)n2)n1. The molecule has 0 aliphatic carbocycles. The first-order valence-corrected chi connectivity index (χ1v) is 4.95. The number of aryl methyl sites for hydroxylation is 2. The quantitative estimate of drug-likeness (QED) is 0.729. The molecule has 0 atom stereocenters. The summed E-state index contributed by atoms with van der Waals surface area (Å²) in [5.41, 5.74) is 1.70. The minimum absolute atomic E-state index is 0.736. The summed E-state index contributed by atoms with van der Waals surface area (Å²) in [4.78, 5) is 8.44. The summed E-state index contributed by atoms with van der Waals surface area (Å²) in [5.74, 6) is 0.736. The number of rotatable bonds is 1. The van der Waals surface area contributed by atoms with Crippen molar-refractivity contribution in [1.29, 1.82) is 0 Å². The number of aromatic nitrogens is 4. The Morgan fingerprint density at radius 1 is 1.29 bits per heavy atom. The summed E-state index contributed by atoms with van der Waals surface area (Å²) in [6.45, 7) is 1.86. The zero-order chi connectivity index (χ0) is 10.1. The fourth-order valence-corrected chi connectivity index (χ4v) is 1.69. The maximum atomic E-state index is 4.30. The van der Waals surface area contributed by atoms with Gasteiger partial charge in [0.2, 0.25) is 0 Å². The lowest BCUT2D eigenvalue weighted by Gasteiger charge is -1.98. The molecular formula is C9H9BrN4. The fraction of sp³-hybridized carbons (Fsp3) is 0.222. The van der Waals surface area contributed by atoms with Gasteiger partial charge in [-0.15, -0.1) is 0 Å². The molecule has 0 radical (unpaired) electrons. The molecule has 2 heterocycles. The van der Waals surface area contributed by atoms with Gasteiger partial charge in [0, 0.05) is 13.2 Å². The minimum Gasteiger partial charge on any atom is -0.275 e. The van der Waals surface area contributed by atoms with Crippen LogP contribution in [0.1, 0.15) is 5.82 Å². The van der Waals surface area contributed by atoms with E-state index in [1.807, 2.05) is 32.3 Å². The number of hydrogen-bond donors (Lipinski definition) is 0. The second kappa shape index (κ2) is 3.49. The van der Waals surface area contributed by atoms with E-state index in [1.165, 1.54) is 0 Å². The Hall–Kier alpha value is -1.23. The maximum absolute atomic E-state index is 4.30. The Labute approximate surface area is 90.1 Å². The molecule has 14 heavy (non-hydrogen) atoms. The molecule has 0 aromatic carbocycles. The molecule has 2 aromatic rings. The molecule has 0 amide bonds. The Kier molecular flexibility index (Phi) is 2.33. The van der Waals surface area contributed by atoms with Gasteiger partial charge in [-0.05, 0) is 35.0 Å². The second-order valence-corrected chi connectivity index (χ2v) is 3.81. The zero-order valence-corrected chi connectivity index (χ0v) is 9.48. The fourth-order valence-electron chi connectivity index (χ4n) is 1.21. The van der Waals surface area contributed by atoms with Crippen LogP contribution in [0.4, 0.5) is 0 Å². The van der Waals surface area contributed by atoms with E-state index >= 15 is 0 Å². The molecule has 0 saturated heterocycles. The van der Waals surface area contributed by atoms with Crippen LogP contribution in [0.3, 0.4) is 0 Å². The summed E-state index contributed by atoms with van der Waals surface area (Å²) in [6.07, 6.45) is 1.89. The third-order valence-electron chi connectivity index (χ3n) is 1.78. The average Bonchev–Trinajstić information content (AvgIpc) is 2.50. The van der Waals surface area contributed by atoms with E-state index in [2.05, 4.69) is 31.0 Å². The summed E-state index contributed by atoms with van der Waals surface area (Å²) >= 11 is 3.33. The van der Waals surface area contributed by atoms with Crippen molar-refractivity contribution in [3.8, 4) is 11.4 Å². The van der Waals surface area contributed by atoms with Gasteiger partial charge >= 0.3 is 0 Å². The van der Waals surface area contributed by atoms with Crippen molar-refractivity contribution in [3.63, 3.8) is 0 Å². The molecule has 5 heteroatoms. The second-order valence-electron chi connectivity index (χ2n) is 3.00. The van der Waals surface area contributed by atoms with Crippen LogP contribution in [0, 0.1) is 6.92 Å². The molecule has 0 fully saturated rings. The zero-order valence-electron chi connectivity index (χ0n) is 7.90. The lowest BCUT2D eigenvalue weighted by molar-refractivity contribution is 0.769. The van der Waals surface area contributed by atoms with Gasteiger partial charge in [-0.3, -0.25) is 4.68 Å². The van der Waals surface area contributed by atoms with E-state index < -0.39 is 0 Å². The largest absolute Gasteiger partial charge is 0.275 e. The van der Waals surface area contributed by atoms with Crippen LogP contribution in [-0.2, 0) is 7.05 Å². The van der Waals surface area contributed by atoms with Crippen molar-refractivity contribution in [1.82, 2.24) is 19.7 Å². The third-order valence-corrected chi connectivity index (χ3v) is 2.19. The molecular weight excluding hydrogens is 244 g/mol. The van der Waals surface area contributed by atoms with Crippen molar-refractivity contribution in [3.05, 3.63) is 28.8 Å². The van der Waals surface area contributed by atoms with Gasteiger partial charge in [0.1, 0.15) is 16.1 Å². The lowest BCUT2D eigenvalue weighted by atomic mass is 10.3. The summed E-state index contributed by atoms with van der Waals surface area (Å²) < 4.78 is 2.53. The topological polar surface area (TPSA) is 43.6 Å². The standard InChI is InChI=1S/C9H9BrN4/c1-6-11-8(5-9(10)12-6)7-3-4-14(2)13-7/h3-5H,1-2H3. The van der Waals surface area contributed by atoms with Gasteiger partial charge in [-0.2, -0.15) is 5.10 Å². The molecule has 0 N–H and O–H groups in total. The predicted molar refractivity (Wildman–Crippen MR) is 56.7 cm³/mol. The van der Waals surface area contributed by atoms with E-state index in [0.717, 1.165) is 21.8 Å². The van der Waals surface area contributed by atoms with E-state index in [4.69, 9.17) is 0 Å². The van der Waals surface area contributed by atoms with Gasteiger partial charge in [-0.1, -0.05) is 0 Å². The van der Waals surface area contributed by atoms with Gasteiger partial charge < -0.3 is 0 Å². The van der Waals surface area contributed by atoms with Crippen LogP contribution in [0.15, 0.2) is 22.9 Å². The van der Waals surface area contributed by atoms with Crippen LogP contribution in [0.5, 0.6) is 0 Å². The van der Waals surface area contributed by atoms with Gasteiger partial charge in [-0.25, -0.2) is 9.97 Å². The van der Waals surface area contributed by atoms with Crippen molar-refractivity contribution < 1.29 is 0 Å². The average molecular weight is 253 g/mol. The molecule has 4 nitrogen and oxygen atoms in total. The highest BCUT2D eigenvalue weighted by Crippen LogP contribution is 2.17. The van der Waals surface area contributed by atoms with Crippen LogP contribution in [0.25, 0.3) is 11.4 Å². The molecule has 0 saturated carbocycles. The van der Waals surface area contributed by atoms with Crippen LogP contribution in [-0.4, -0.2) is 19.7 Å². The van der Waals surface area contributed by atoms with Crippen LogP contribution < -0.4 is 0 Å². The number of nitrogens with zero attached hydrogens (tertiary/aromatic N) is 4. The van der Waals surface area contributed by atoms with Gasteiger partial charge in [0.25, 0.3) is 0 Å². The monoisotopic (exact) mass is 252 g/mol. The van der Waals surface area contributed by atoms with Crippen molar-refractivity contribution in [2.45, 2.75) is 6.92 Å². The van der Waals surface area contributed by atoms with Crippen molar-refractivity contribution >= 4 is 15.9 Å². The molecule has 0 bridgehead atoms. The summed E-state index contributed by atoms with van der Waals surface area (Å²) in [5, 5.41) is 4.27. The predicted octanol–water partition coefficient (Wildman–Crippen LogP) is 1.95.